The first-order valence-electron chi connectivity index (χ1n) is 8.09. The summed E-state index contributed by atoms with van der Waals surface area (Å²) >= 11 is 0. The van der Waals surface area contributed by atoms with Crippen molar-refractivity contribution >= 4 is 0 Å². The molecule has 1 aromatic heterocycles. The Labute approximate surface area is 124 Å². The second-order valence-corrected chi connectivity index (χ2v) is 6.66. The maximum atomic E-state index is 4.39. The van der Waals surface area contributed by atoms with Crippen LogP contribution in [0.5, 0.6) is 0 Å². The van der Waals surface area contributed by atoms with E-state index < -0.39 is 0 Å². The second-order valence-electron chi connectivity index (χ2n) is 6.66. The Balaban J connectivity index is 2.45. The SMILES string of the molecule is CCCNC(CCCc1ncnn1CCC)C(C)(C)C. The molecule has 4 nitrogen and oxygen atoms in total. The van der Waals surface area contributed by atoms with E-state index in [-0.39, 0.29) is 0 Å². The van der Waals surface area contributed by atoms with Gasteiger partial charge in [-0.15, -0.1) is 0 Å². The first-order valence-corrected chi connectivity index (χ1v) is 8.09. The number of aromatic nitrogens is 3. The Morgan fingerprint density at radius 2 is 2.00 bits per heavy atom. The van der Waals surface area contributed by atoms with Crippen LogP contribution in [0.15, 0.2) is 6.33 Å². The van der Waals surface area contributed by atoms with Crippen LogP contribution in [-0.2, 0) is 13.0 Å². The highest BCUT2D eigenvalue weighted by Gasteiger charge is 2.23. The zero-order chi connectivity index (χ0) is 15.0. The summed E-state index contributed by atoms with van der Waals surface area (Å²) in [7, 11) is 0. The van der Waals surface area contributed by atoms with Gasteiger partial charge in [-0.25, -0.2) is 4.98 Å². The fourth-order valence-corrected chi connectivity index (χ4v) is 2.50. The third-order valence-electron chi connectivity index (χ3n) is 3.71. The van der Waals surface area contributed by atoms with E-state index in [2.05, 4.69) is 50.0 Å². The van der Waals surface area contributed by atoms with Crippen LogP contribution >= 0.6 is 0 Å². The summed E-state index contributed by atoms with van der Waals surface area (Å²) in [5.41, 5.74) is 0.312. The smallest absolute Gasteiger partial charge is 0.138 e. The van der Waals surface area contributed by atoms with E-state index in [1.54, 1.807) is 6.33 Å². The topological polar surface area (TPSA) is 42.7 Å². The van der Waals surface area contributed by atoms with Crippen molar-refractivity contribution in [2.24, 2.45) is 5.41 Å². The molecule has 0 spiro atoms. The molecule has 1 N–H and O–H groups in total. The number of aryl methyl sites for hydroxylation is 2. The lowest BCUT2D eigenvalue weighted by atomic mass is 9.83. The predicted octanol–water partition coefficient (Wildman–Crippen LogP) is 3.43. The first kappa shape index (κ1) is 17.2. The van der Waals surface area contributed by atoms with E-state index >= 15 is 0 Å². The molecule has 116 valence electrons. The van der Waals surface area contributed by atoms with Gasteiger partial charge in [0.25, 0.3) is 0 Å². The van der Waals surface area contributed by atoms with Gasteiger partial charge in [0.05, 0.1) is 0 Å². The highest BCUT2D eigenvalue weighted by atomic mass is 15.3. The van der Waals surface area contributed by atoms with Gasteiger partial charge in [-0.1, -0.05) is 34.6 Å². The molecule has 0 saturated carbocycles. The Bertz CT molecular complexity index is 365. The molecular weight excluding hydrogens is 248 g/mol. The minimum Gasteiger partial charge on any atom is -0.313 e. The molecule has 0 amide bonds. The zero-order valence-corrected chi connectivity index (χ0v) is 13.9. The number of nitrogens with zero attached hydrogens (tertiary/aromatic N) is 3. The van der Waals surface area contributed by atoms with Crippen LogP contribution in [-0.4, -0.2) is 27.4 Å². The fourth-order valence-electron chi connectivity index (χ4n) is 2.50. The molecule has 1 heterocycles. The van der Waals surface area contributed by atoms with Gasteiger partial charge in [0.15, 0.2) is 0 Å². The summed E-state index contributed by atoms with van der Waals surface area (Å²) < 4.78 is 2.05. The molecule has 0 aliphatic carbocycles. The number of nitrogens with one attached hydrogen (secondary N) is 1. The monoisotopic (exact) mass is 280 g/mol. The van der Waals surface area contributed by atoms with E-state index in [9.17, 15) is 0 Å². The molecule has 1 aromatic rings. The zero-order valence-electron chi connectivity index (χ0n) is 13.9. The molecule has 20 heavy (non-hydrogen) atoms. The predicted molar refractivity (Wildman–Crippen MR) is 84.8 cm³/mol. The summed E-state index contributed by atoms with van der Waals surface area (Å²) in [6, 6.07) is 0.574. The highest BCUT2D eigenvalue weighted by molar-refractivity contribution is 4.87. The molecule has 1 rings (SSSR count). The summed E-state index contributed by atoms with van der Waals surface area (Å²) in [4.78, 5) is 4.39. The van der Waals surface area contributed by atoms with Crippen LogP contribution in [0.3, 0.4) is 0 Å². The highest BCUT2D eigenvalue weighted by Crippen LogP contribution is 2.23. The standard InChI is InChI=1S/C16H32N4/c1-6-11-17-14(16(3,4)5)9-8-10-15-18-13-19-20(15)12-7-2/h13-14,17H,6-12H2,1-5H3. The lowest BCUT2D eigenvalue weighted by molar-refractivity contribution is 0.250. The third kappa shape index (κ3) is 5.61. The lowest BCUT2D eigenvalue weighted by Gasteiger charge is -2.31. The molecule has 0 saturated heterocycles. The van der Waals surface area contributed by atoms with Gasteiger partial charge in [-0.05, 0) is 37.6 Å². The van der Waals surface area contributed by atoms with Crippen LogP contribution in [0.25, 0.3) is 0 Å². The minimum atomic E-state index is 0.312. The maximum Gasteiger partial charge on any atom is 0.138 e. The van der Waals surface area contributed by atoms with Gasteiger partial charge in [-0.3, -0.25) is 4.68 Å². The van der Waals surface area contributed by atoms with Crippen LogP contribution in [0, 0.1) is 5.41 Å². The minimum absolute atomic E-state index is 0.312. The van der Waals surface area contributed by atoms with Gasteiger partial charge < -0.3 is 5.32 Å². The summed E-state index contributed by atoms with van der Waals surface area (Å²) in [6.07, 6.45) is 7.38. The van der Waals surface area contributed by atoms with Gasteiger partial charge in [0, 0.05) is 19.0 Å². The van der Waals surface area contributed by atoms with Crippen molar-refractivity contribution in [2.75, 3.05) is 6.54 Å². The van der Waals surface area contributed by atoms with Crippen molar-refractivity contribution in [1.82, 2.24) is 20.1 Å². The summed E-state index contributed by atoms with van der Waals surface area (Å²) in [5, 5.41) is 7.98. The van der Waals surface area contributed by atoms with Crippen molar-refractivity contribution in [3.8, 4) is 0 Å². The molecule has 0 aliphatic rings. The second kappa shape index (κ2) is 8.40. The van der Waals surface area contributed by atoms with E-state index in [1.165, 1.54) is 19.3 Å². The number of rotatable bonds is 9. The fraction of sp³-hybridized carbons (Fsp3) is 0.875. The maximum absolute atomic E-state index is 4.39. The van der Waals surface area contributed by atoms with Crippen LogP contribution < -0.4 is 5.32 Å². The molecule has 0 aromatic carbocycles. The van der Waals surface area contributed by atoms with Crippen LogP contribution in [0.4, 0.5) is 0 Å². The van der Waals surface area contributed by atoms with Gasteiger partial charge in [-0.2, -0.15) is 5.10 Å². The molecular formula is C16H32N4. The Morgan fingerprint density at radius 3 is 2.60 bits per heavy atom. The summed E-state index contributed by atoms with van der Waals surface area (Å²) in [6.45, 7) is 13.4. The van der Waals surface area contributed by atoms with Crippen molar-refractivity contribution in [1.29, 1.82) is 0 Å². The Morgan fingerprint density at radius 1 is 1.25 bits per heavy atom. The van der Waals surface area contributed by atoms with Crippen LogP contribution in [0.1, 0.15) is 66.1 Å². The molecule has 0 fully saturated rings. The van der Waals surface area contributed by atoms with E-state index in [0.29, 0.717) is 11.5 Å². The van der Waals surface area contributed by atoms with Crippen LogP contribution in [0.2, 0.25) is 0 Å². The van der Waals surface area contributed by atoms with Gasteiger partial charge >= 0.3 is 0 Å². The van der Waals surface area contributed by atoms with Crippen molar-refractivity contribution in [3.05, 3.63) is 12.2 Å². The largest absolute Gasteiger partial charge is 0.313 e. The molecule has 1 unspecified atom stereocenters. The number of hydrogen-bond donors (Lipinski definition) is 1. The Kier molecular flexibility index (Phi) is 7.20. The lowest BCUT2D eigenvalue weighted by Crippen LogP contribution is -2.40. The van der Waals surface area contributed by atoms with E-state index in [0.717, 1.165) is 31.8 Å². The first-order chi connectivity index (χ1) is 9.49. The molecule has 0 radical (unpaired) electrons. The van der Waals surface area contributed by atoms with Crippen molar-refractivity contribution in [2.45, 2.75) is 79.3 Å². The van der Waals surface area contributed by atoms with E-state index in [1.807, 2.05) is 4.68 Å². The van der Waals surface area contributed by atoms with Gasteiger partial charge in [0.2, 0.25) is 0 Å². The van der Waals surface area contributed by atoms with Crippen molar-refractivity contribution in [3.63, 3.8) is 0 Å². The Hall–Kier alpha value is -0.900. The molecule has 0 aliphatic heterocycles. The van der Waals surface area contributed by atoms with Crippen molar-refractivity contribution < 1.29 is 0 Å². The number of hydrogen-bond acceptors (Lipinski definition) is 3. The third-order valence-corrected chi connectivity index (χ3v) is 3.71. The quantitative estimate of drug-likeness (QED) is 0.753. The molecule has 4 heteroatoms. The average Bonchev–Trinajstić information content (AvgIpc) is 2.80. The van der Waals surface area contributed by atoms with E-state index in [4.69, 9.17) is 0 Å². The average molecular weight is 280 g/mol. The molecule has 1 atom stereocenters. The molecule has 0 bridgehead atoms. The normalized spacial score (nSPS) is 13.7. The van der Waals surface area contributed by atoms with Gasteiger partial charge in [0.1, 0.15) is 12.2 Å². The summed E-state index contributed by atoms with van der Waals surface area (Å²) in [5.74, 6) is 1.13.